The fraction of sp³-hybridized carbons (Fsp3) is 0.259. The second kappa shape index (κ2) is 12.0. The van der Waals surface area contributed by atoms with Gasteiger partial charge in [0.05, 0.1) is 10.6 Å². The number of carbonyl (C=O) groups excluding carboxylic acids is 2. The number of hydrogen-bond acceptors (Lipinski definition) is 4. The Morgan fingerprint density at radius 1 is 0.919 bits per heavy atom. The van der Waals surface area contributed by atoms with Gasteiger partial charge in [0, 0.05) is 23.6 Å². The fourth-order valence-electron chi connectivity index (χ4n) is 3.77. The predicted octanol–water partition coefficient (Wildman–Crippen LogP) is 4.97. The summed E-state index contributed by atoms with van der Waals surface area (Å²) in [5.41, 5.74) is 2.89. The van der Waals surface area contributed by atoms with E-state index in [9.17, 15) is 18.0 Å². The largest absolute Gasteiger partial charge is 0.357 e. The van der Waals surface area contributed by atoms with E-state index in [1.165, 1.54) is 36.2 Å². The smallest absolute Gasteiger partial charge is 0.264 e. The van der Waals surface area contributed by atoms with Gasteiger partial charge in [-0.2, -0.15) is 0 Å². The van der Waals surface area contributed by atoms with Crippen molar-refractivity contribution in [2.75, 3.05) is 17.9 Å². The SMILES string of the molecule is CNC(=O)C(C)N(Cc1cccc(Cl)c1)C(=O)CN(c1ccc(C)c(C)c1)S(=O)(=O)c1ccc(Cl)cc1. The van der Waals surface area contributed by atoms with Gasteiger partial charge in [0.2, 0.25) is 11.8 Å². The summed E-state index contributed by atoms with van der Waals surface area (Å²) in [5, 5.41) is 3.43. The van der Waals surface area contributed by atoms with Crippen molar-refractivity contribution in [3.63, 3.8) is 0 Å². The minimum Gasteiger partial charge on any atom is -0.357 e. The molecule has 1 N–H and O–H groups in total. The third kappa shape index (κ3) is 6.83. The predicted molar refractivity (Wildman–Crippen MR) is 147 cm³/mol. The molecule has 0 radical (unpaired) electrons. The van der Waals surface area contributed by atoms with Gasteiger partial charge in [0.25, 0.3) is 10.0 Å². The molecule has 37 heavy (non-hydrogen) atoms. The molecule has 1 atom stereocenters. The van der Waals surface area contributed by atoms with Crippen molar-refractivity contribution >= 4 is 50.7 Å². The summed E-state index contributed by atoms with van der Waals surface area (Å²) < 4.78 is 28.6. The highest BCUT2D eigenvalue weighted by Crippen LogP contribution is 2.27. The molecular weight excluding hydrogens is 533 g/mol. The van der Waals surface area contributed by atoms with Crippen LogP contribution in [0.4, 0.5) is 5.69 Å². The van der Waals surface area contributed by atoms with E-state index in [1.807, 2.05) is 13.8 Å². The average molecular weight is 563 g/mol. The first-order chi connectivity index (χ1) is 17.4. The Hall–Kier alpha value is -3.07. The number of benzene rings is 3. The Morgan fingerprint density at radius 3 is 2.19 bits per heavy atom. The number of amides is 2. The van der Waals surface area contributed by atoms with Gasteiger partial charge in [-0.25, -0.2) is 8.42 Å². The van der Waals surface area contributed by atoms with Crippen LogP contribution in [0, 0.1) is 13.8 Å². The number of aryl methyl sites for hydroxylation is 2. The van der Waals surface area contributed by atoms with E-state index in [4.69, 9.17) is 23.2 Å². The van der Waals surface area contributed by atoms with Crippen LogP contribution in [0.15, 0.2) is 71.6 Å². The van der Waals surface area contributed by atoms with Gasteiger partial charge in [0.1, 0.15) is 12.6 Å². The van der Waals surface area contributed by atoms with Gasteiger partial charge in [-0.3, -0.25) is 13.9 Å². The van der Waals surface area contributed by atoms with Crippen LogP contribution in [0.1, 0.15) is 23.6 Å². The molecule has 10 heteroatoms. The topological polar surface area (TPSA) is 86.8 Å². The summed E-state index contributed by atoms with van der Waals surface area (Å²) in [5.74, 6) is -0.930. The molecule has 0 aliphatic heterocycles. The van der Waals surface area contributed by atoms with Crippen LogP contribution in [0.5, 0.6) is 0 Å². The number of rotatable bonds is 9. The zero-order chi connectivity index (χ0) is 27.3. The normalized spacial score (nSPS) is 12.1. The molecule has 0 spiro atoms. The van der Waals surface area contributed by atoms with Gasteiger partial charge in [-0.15, -0.1) is 0 Å². The van der Waals surface area contributed by atoms with Crippen LogP contribution in [-0.2, 0) is 26.2 Å². The van der Waals surface area contributed by atoms with E-state index >= 15 is 0 Å². The molecule has 0 fully saturated rings. The number of nitrogens with one attached hydrogen (secondary N) is 1. The lowest BCUT2D eigenvalue weighted by atomic mass is 10.1. The van der Waals surface area contributed by atoms with Crippen molar-refractivity contribution < 1.29 is 18.0 Å². The first kappa shape index (κ1) is 28.5. The third-order valence-electron chi connectivity index (χ3n) is 6.11. The van der Waals surface area contributed by atoms with Gasteiger partial charge in [0.15, 0.2) is 0 Å². The van der Waals surface area contributed by atoms with Crippen LogP contribution < -0.4 is 9.62 Å². The number of nitrogens with zero attached hydrogens (tertiary/aromatic N) is 2. The molecule has 3 rings (SSSR count). The van der Waals surface area contributed by atoms with Crippen LogP contribution >= 0.6 is 23.2 Å². The molecule has 0 heterocycles. The summed E-state index contributed by atoms with van der Waals surface area (Å²) in [6, 6.07) is 17.0. The van der Waals surface area contributed by atoms with E-state index in [1.54, 1.807) is 49.4 Å². The maximum atomic E-state index is 13.8. The molecule has 1 unspecified atom stereocenters. The molecule has 196 valence electrons. The zero-order valence-corrected chi connectivity index (χ0v) is 23.4. The summed E-state index contributed by atoms with van der Waals surface area (Å²) >= 11 is 12.1. The Bertz CT molecular complexity index is 1400. The average Bonchev–Trinajstić information content (AvgIpc) is 2.86. The monoisotopic (exact) mass is 561 g/mol. The minimum atomic E-state index is -4.15. The van der Waals surface area contributed by atoms with Gasteiger partial charge < -0.3 is 10.2 Å². The van der Waals surface area contributed by atoms with Crippen molar-refractivity contribution in [3.05, 3.63) is 93.5 Å². The van der Waals surface area contributed by atoms with Crippen molar-refractivity contribution in [1.82, 2.24) is 10.2 Å². The zero-order valence-electron chi connectivity index (χ0n) is 21.0. The van der Waals surface area contributed by atoms with Crippen LogP contribution in [0.3, 0.4) is 0 Å². The number of carbonyl (C=O) groups is 2. The number of likely N-dealkylation sites (N-methyl/N-ethyl adjacent to an activating group) is 1. The Labute approximate surface area is 228 Å². The molecule has 0 aliphatic carbocycles. The molecule has 0 saturated carbocycles. The summed E-state index contributed by atoms with van der Waals surface area (Å²) in [6.07, 6.45) is 0. The van der Waals surface area contributed by atoms with E-state index in [2.05, 4.69) is 5.32 Å². The Morgan fingerprint density at radius 2 is 1.59 bits per heavy atom. The third-order valence-corrected chi connectivity index (χ3v) is 8.39. The molecular formula is C27H29Cl2N3O4S. The van der Waals surface area contributed by atoms with E-state index in [0.29, 0.717) is 21.3 Å². The minimum absolute atomic E-state index is 0.0105. The van der Waals surface area contributed by atoms with E-state index in [0.717, 1.165) is 15.4 Å². The van der Waals surface area contributed by atoms with Crippen molar-refractivity contribution in [2.45, 2.75) is 38.3 Å². The Balaban J connectivity index is 2.06. The molecule has 3 aromatic carbocycles. The summed E-state index contributed by atoms with van der Waals surface area (Å²) in [4.78, 5) is 27.6. The molecule has 0 aromatic heterocycles. The molecule has 0 bridgehead atoms. The van der Waals surface area contributed by atoms with Crippen molar-refractivity contribution in [1.29, 1.82) is 0 Å². The molecule has 7 nitrogen and oxygen atoms in total. The lowest BCUT2D eigenvalue weighted by molar-refractivity contribution is -0.139. The maximum absolute atomic E-state index is 13.8. The lowest BCUT2D eigenvalue weighted by Crippen LogP contribution is -2.50. The highest BCUT2D eigenvalue weighted by atomic mass is 35.5. The second-order valence-electron chi connectivity index (χ2n) is 8.68. The van der Waals surface area contributed by atoms with Crippen LogP contribution in [0.2, 0.25) is 10.0 Å². The number of hydrogen-bond donors (Lipinski definition) is 1. The molecule has 0 aliphatic rings. The second-order valence-corrected chi connectivity index (χ2v) is 11.4. The maximum Gasteiger partial charge on any atom is 0.264 e. The van der Waals surface area contributed by atoms with Gasteiger partial charge in [-0.1, -0.05) is 41.4 Å². The van der Waals surface area contributed by atoms with Gasteiger partial charge >= 0.3 is 0 Å². The highest BCUT2D eigenvalue weighted by molar-refractivity contribution is 7.92. The highest BCUT2D eigenvalue weighted by Gasteiger charge is 2.32. The van der Waals surface area contributed by atoms with Crippen LogP contribution in [-0.4, -0.2) is 44.8 Å². The quantitative estimate of drug-likeness (QED) is 0.399. The first-order valence-corrected chi connectivity index (χ1v) is 13.7. The lowest BCUT2D eigenvalue weighted by Gasteiger charge is -2.32. The van der Waals surface area contributed by atoms with Crippen molar-refractivity contribution in [3.8, 4) is 0 Å². The molecule has 2 amide bonds. The van der Waals surface area contributed by atoms with Gasteiger partial charge in [-0.05, 0) is 86.0 Å². The van der Waals surface area contributed by atoms with E-state index in [-0.39, 0.29) is 17.3 Å². The molecule has 0 saturated heterocycles. The molecule has 3 aromatic rings. The van der Waals surface area contributed by atoms with Crippen LogP contribution in [0.25, 0.3) is 0 Å². The number of sulfonamides is 1. The first-order valence-electron chi connectivity index (χ1n) is 11.5. The number of halogens is 2. The standard InChI is InChI=1S/C27H29Cl2N3O4S/c1-18-8-11-24(14-19(18)2)32(37(35,36)25-12-9-22(28)10-13-25)17-26(33)31(20(3)27(34)30-4)16-21-6-5-7-23(29)15-21/h5-15,20H,16-17H2,1-4H3,(H,30,34). The van der Waals surface area contributed by atoms with E-state index < -0.39 is 28.5 Å². The summed E-state index contributed by atoms with van der Waals surface area (Å²) in [6.45, 7) is 4.92. The van der Waals surface area contributed by atoms with Crippen molar-refractivity contribution in [2.24, 2.45) is 0 Å². The fourth-order valence-corrected chi connectivity index (χ4v) is 5.51. The summed E-state index contributed by atoms with van der Waals surface area (Å²) in [7, 11) is -2.68. The number of anilines is 1. The Kier molecular flexibility index (Phi) is 9.23.